The fourth-order valence-corrected chi connectivity index (χ4v) is 4.71. The van der Waals surface area contributed by atoms with Crippen molar-refractivity contribution in [3.05, 3.63) is 0 Å². The molecule has 2 saturated heterocycles. The number of amides is 4. The van der Waals surface area contributed by atoms with Crippen LogP contribution in [0.4, 0.5) is 19.2 Å². The summed E-state index contributed by atoms with van der Waals surface area (Å²) in [4.78, 5) is 75.0. The van der Waals surface area contributed by atoms with Crippen LogP contribution in [0.1, 0.15) is 109 Å². The first kappa shape index (κ1) is 46.9. The largest absolute Gasteiger partial charge is 0.467 e. The lowest BCUT2D eigenvalue weighted by Gasteiger charge is -2.42. The SMILES string of the molecule is CC(C)(C)OC(=O)N1CCC[C@@H](C(=O)OCC(Cl)(Cl)Cl)N1C(=O)OC(C)(C)C.COC(=O)[C@@H]1CCCN(C(=O)OC(C)(C)C)N1C(=O)OC(C)(C)C. The van der Waals surface area contributed by atoms with E-state index in [4.69, 9.17) is 63.2 Å². The van der Waals surface area contributed by atoms with Crippen LogP contribution >= 0.6 is 34.8 Å². The van der Waals surface area contributed by atoms with Gasteiger partial charge in [0.15, 0.2) is 12.1 Å². The molecule has 2 atom stereocenters. The average Bonchev–Trinajstić information content (AvgIpc) is 2.95. The Morgan fingerprint density at radius 3 is 1.13 bits per heavy atom. The molecule has 2 fully saturated rings. The highest BCUT2D eigenvalue weighted by molar-refractivity contribution is 6.67. The quantitative estimate of drug-likeness (QED) is 0.160. The molecular formula is C33H55Cl3N4O12. The van der Waals surface area contributed by atoms with Gasteiger partial charge >= 0.3 is 36.3 Å². The van der Waals surface area contributed by atoms with E-state index in [2.05, 4.69) is 0 Å². The number of methoxy groups -OCH3 is 1. The Morgan fingerprint density at radius 2 is 0.846 bits per heavy atom. The lowest BCUT2D eigenvalue weighted by Crippen LogP contribution is -2.61. The Bertz CT molecular complexity index is 1280. The van der Waals surface area contributed by atoms with E-state index in [-0.39, 0.29) is 19.5 Å². The van der Waals surface area contributed by atoms with E-state index in [1.807, 2.05) is 0 Å². The maximum absolute atomic E-state index is 12.8. The molecule has 4 amide bonds. The third-order valence-electron chi connectivity index (χ3n) is 6.30. The minimum absolute atomic E-state index is 0.169. The van der Waals surface area contributed by atoms with Crippen LogP contribution in [0.5, 0.6) is 0 Å². The Morgan fingerprint density at radius 1 is 0.538 bits per heavy atom. The standard InChI is InChI=1S/C17H27Cl3N2O6.C16H28N2O6/c1-15(2,3)27-13(24)21-9-7-8-11(12(23)26-10-17(18,19)20)22(21)14(25)28-16(4,5)6;1-15(2,3)23-13(20)17-10-8-9-11(12(19)22-7)18(17)14(21)24-16(4,5)6/h11H,7-10H2,1-6H3;11H,8-10H2,1-7H3/t2*11-/m00/s1. The highest BCUT2D eigenvalue weighted by Gasteiger charge is 2.45. The van der Waals surface area contributed by atoms with Gasteiger partial charge in [-0.15, -0.1) is 0 Å². The molecule has 0 aromatic heterocycles. The van der Waals surface area contributed by atoms with Crippen molar-refractivity contribution in [2.45, 2.75) is 147 Å². The topological polar surface area (TPSA) is 171 Å². The van der Waals surface area contributed by atoms with E-state index >= 15 is 0 Å². The van der Waals surface area contributed by atoms with Gasteiger partial charge in [-0.2, -0.15) is 10.0 Å². The predicted molar refractivity (Wildman–Crippen MR) is 191 cm³/mol. The minimum Gasteiger partial charge on any atom is -0.467 e. The van der Waals surface area contributed by atoms with Crippen LogP contribution < -0.4 is 0 Å². The number of carbonyl (C=O) groups is 6. The lowest BCUT2D eigenvalue weighted by molar-refractivity contribution is -0.161. The molecular weight excluding hydrogens is 751 g/mol. The molecule has 0 aromatic rings. The number of esters is 2. The second-order valence-corrected chi connectivity index (χ2v) is 18.4. The van der Waals surface area contributed by atoms with Gasteiger partial charge in [0.1, 0.15) is 29.0 Å². The first-order valence-electron chi connectivity index (χ1n) is 16.7. The highest BCUT2D eigenvalue weighted by Crippen LogP contribution is 2.29. The van der Waals surface area contributed by atoms with Crippen LogP contribution in [0.15, 0.2) is 0 Å². The van der Waals surface area contributed by atoms with Gasteiger partial charge in [-0.05, 0) is 109 Å². The van der Waals surface area contributed by atoms with Gasteiger partial charge in [-0.1, -0.05) is 34.8 Å². The first-order valence-corrected chi connectivity index (χ1v) is 17.9. The Balaban J connectivity index is 0.000000526. The zero-order valence-corrected chi connectivity index (χ0v) is 34.7. The lowest BCUT2D eigenvalue weighted by atomic mass is 10.1. The third kappa shape index (κ3) is 16.7. The molecule has 0 aliphatic carbocycles. The molecule has 300 valence electrons. The molecule has 0 aromatic carbocycles. The number of nitrogens with zero attached hydrogens (tertiary/aromatic N) is 4. The predicted octanol–water partition coefficient (Wildman–Crippen LogP) is 7.16. The molecule has 0 unspecified atom stereocenters. The van der Waals surface area contributed by atoms with Crippen molar-refractivity contribution in [2.75, 3.05) is 26.8 Å². The summed E-state index contributed by atoms with van der Waals surface area (Å²) in [5, 5.41) is 4.09. The van der Waals surface area contributed by atoms with Crippen LogP contribution in [-0.2, 0) is 38.0 Å². The van der Waals surface area contributed by atoms with Gasteiger partial charge in [0.2, 0.25) is 3.79 Å². The summed E-state index contributed by atoms with van der Waals surface area (Å²) in [5.74, 6) is -1.42. The second-order valence-electron chi connectivity index (χ2n) is 15.9. The molecule has 0 radical (unpaired) electrons. The summed E-state index contributed by atoms with van der Waals surface area (Å²) >= 11 is 16.9. The molecule has 0 bridgehead atoms. The zero-order chi connectivity index (χ0) is 40.6. The number of halogens is 3. The summed E-state index contributed by atoms with van der Waals surface area (Å²) in [6.45, 7) is 20.3. The maximum Gasteiger partial charge on any atom is 0.430 e. The van der Waals surface area contributed by atoms with E-state index in [1.165, 1.54) is 7.11 Å². The number of carbonyl (C=O) groups excluding carboxylic acids is 6. The zero-order valence-electron chi connectivity index (χ0n) is 32.4. The average molecular weight is 806 g/mol. The Hall–Kier alpha value is -3.11. The molecule has 0 saturated carbocycles. The summed E-state index contributed by atoms with van der Waals surface area (Å²) in [7, 11) is 1.24. The van der Waals surface area contributed by atoms with Crippen molar-refractivity contribution in [3.63, 3.8) is 0 Å². The first-order chi connectivity index (χ1) is 23.4. The van der Waals surface area contributed by atoms with Crippen molar-refractivity contribution in [3.8, 4) is 0 Å². The molecule has 0 N–H and O–H groups in total. The van der Waals surface area contributed by atoms with Crippen molar-refractivity contribution in [2.24, 2.45) is 0 Å². The highest BCUT2D eigenvalue weighted by atomic mass is 35.6. The van der Waals surface area contributed by atoms with Crippen LogP contribution in [0.3, 0.4) is 0 Å². The van der Waals surface area contributed by atoms with Crippen molar-refractivity contribution < 1.29 is 57.2 Å². The smallest absolute Gasteiger partial charge is 0.430 e. The third-order valence-corrected chi connectivity index (χ3v) is 6.63. The Labute approximate surface area is 321 Å². The van der Waals surface area contributed by atoms with Gasteiger partial charge < -0.3 is 28.4 Å². The minimum atomic E-state index is -1.80. The summed E-state index contributed by atoms with van der Waals surface area (Å²) in [5.41, 5.74) is -3.14. The van der Waals surface area contributed by atoms with Gasteiger partial charge in [-0.3, -0.25) is 0 Å². The molecule has 2 rings (SSSR count). The van der Waals surface area contributed by atoms with Gasteiger partial charge in [0.05, 0.1) is 7.11 Å². The molecule has 2 aliphatic rings. The fourth-order valence-electron chi connectivity index (χ4n) is 4.54. The van der Waals surface area contributed by atoms with E-state index < -0.39 is 81.2 Å². The van der Waals surface area contributed by atoms with Crippen molar-refractivity contribution in [1.82, 2.24) is 20.0 Å². The van der Waals surface area contributed by atoms with Crippen LogP contribution in [-0.4, -0.2) is 121 Å². The normalized spacial score (nSPS) is 18.7. The van der Waals surface area contributed by atoms with E-state index in [0.29, 0.717) is 19.3 Å². The molecule has 16 nitrogen and oxygen atoms in total. The summed E-state index contributed by atoms with van der Waals surface area (Å²) in [6.07, 6.45) is -1.55. The van der Waals surface area contributed by atoms with Crippen LogP contribution in [0.25, 0.3) is 0 Å². The van der Waals surface area contributed by atoms with Crippen molar-refractivity contribution >= 4 is 71.1 Å². The summed E-state index contributed by atoms with van der Waals surface area (Å²) in [6, 6.07) is -2.05. The molecule has 2 heterocycles. The number of hydrogen-bond acceptors (Lipinski definition) is 12. The van der Waals surface area contributed by atoms with Crippen LogP contribution in [0, 0.1) is 0 Å². The molecule has 0 spiro atoms. The molecule has 2 aliphatic heterocycles. The maximum atomic E-state index is 12.8. The number of hydrazine groups is 2. The van der Waals surface area contributed by atoms with Gasteiger partial charge in [0.25, 0.3) is 0 Å². The molecule has 52 heavy (non-hydrogen) atoms. The molecule has 19 heteroatoms. The number of rotatable bonds is 3. The van der Waals surface area contributed by atoms with Crippen LogP contribution in [0.2, 0.25) is 0 Å². The van der Waals surface area contributed by atoms with Gasteiger partial charge in [0, 0.05) is 13.1 Å². The fraction of sp³-hybridized carbons (Fsp3) is 0.818. The Kier molecular flexibility index (Phi) is 16.5. The van der Waals surface area contributed by atoms with E-state index in [9.17, 15) is 28.8 Å². The van der Waals surface area contributed by atoms with Gasteiger partial charge in [-0.25, -0.2) is 38.8 Å². The van der Waals surface area contributed by atoms with E-state index in [0.717, 1.165) is 20.0 Å². The van der Waals surface area contributed by atoms with Crippen molar-refractivity contribution in [1.29, 1.82) is 0 Å². The number of hydrogen-bond donors (Lipinski definition) is 0. The monoisotopic (exact) mass is 804 g/mol. The summed E-state index contributed by atoms with van der Waals surface area (Å²) < 4.78 is 29.4. The second kappa shape index (κ2) is 18.3. The van der Waals surface area contributed by atoms with E-state index in [1.54, 1.807) is 83.1 Å². The number of alkyl halides is 3. The number of ether oxygens (including phenoxy) is 6.